The second-order valence-corrected chi connectivity index (χ2v) is 9.37. The molecule has 4 heterocycles. The molecule has 0 spiro atoms. The van der Waals surface area contributed by atoms with E-state index in [-0.39, 0.29) is 28.6 Å². The average molecular weight is 539 g/mol. The first-order valence-corrected chi connectivity index (χ1v) is 12.1. The van der Waals surface area contributed by atoms with Crippen molar-refractivity contribution in [3.05, 3.63) is 76.0 Å². The molecule has 0 aliphatic rings. The number of alkyl halides is 3. The zero-order valence-electron chi connectivity index (χ0n) is 19.4. The number of aromatic nitrogens is 7. The first-order valence-electron chi connectivity index (χ1n) is 10.4. The molecule has 0 saturated carbocycles. The lowest BCUT2D eigenvalue weighted by Gasteiger charge is -2.14. The van der Waals surface area contributed by atoms with Gasteiger partial charge in [-0.3, -0.25) is 14.3 Å². The molecule has 1 N–H and O–H groups in total. The Balaban J connectivity index is 0.000000468. The maximum absolute atomic E-state index is 12.8. The number of hydrogen-bond donors (Lipinski definition) is 1. The van der Waals surface area contributed by atoms with Gasteiger partial charge in [-0.1, -0.05) is 6.92 Å². The molecular weight excluding hydrogens is 519 g/mol. The predicted octanol–water partition coefficient (Wildman–Crippen LogP) is 1.53. The Morgan fingerprint density at radius 1 is 1.11 bits per heavy atom. The van der Waals surface area contributed by atoms with E-state index in [0.717, 1.165) is 22.9 Å². The number of nitrogens with one attached hydrogen (secondary N) is 1. The monoisotopic (exact) mass is 539 g/mol. The summed E-state index contributed by atoms with van der Waals surface area (Å²) < 4.78 is 68.8. The molecule has 0 radical (unpaired) electrons. The molecule has 37 heavy (non-hydrogen) atoms. The third-order valence-corrected chi connectivity index (χ3v) is 6.18. The van der Waals surface area contributed by atoms with Crippen molar-refractivity contribution in [1.82, 2.24) is 34.3 Å². The molecule has 4 aromatic rings. The lowest BCUT2D eigenvalue weighted by molar-refractivity contribution is -0.154. The minimum atomic E-state index is -4.54. The van der Waals surface area contributed by atoms with Crippen molar-refractivity contribution in [2.45, 2.75) is 18.3 Å². The summed E-state index contributed by atoms with van der Waals surface area (Å²) in [5, 5.41) is 3.46. The number of ether oxygens (including phenoxy) is 1. The van der Waals surface area contributed by atoms with Crippen molar-refractivity contribution in [2.24, 2.45) is 7.05 Å². The van der Waals surface area contributed by atoms with Crippen molar-refractivity contribution >= 4 is 9.84 Å². The number of nitrogens with zero attached hydrogens (tertiary/aromatic N) is 6. The van der Waals surface area contributed by atoms with Crippen LogP contribution in [0, 0.1) is 0 Å². The SMILES string of the molecule is CCS(=O)(=O)c1nc(-c2ccnn2C)cc(=O)n1-c1ccc(OCC(F)(F)F)nc1.O=c1ccnc[nH]1. The predicted molar refractivity (Wildman–Crippen MR) is 124 cm³/mol. The highest BCUT2D eigenvalue weighted by Crippen LogP contribution is 2.21. The largest absolute Gasteiger partial charge is 0.468 e. The van der Waals surface area contributed by atoms with Gasteiger partial charge in [-0.15, -0.1) is 0 Å². The fourth-order valence-corrected chi connectivity index (χ4v) is 3.81. The molecule has 0 aromatic carbocycles. The molecule has 0 atom stereocenters. The maximum Gasteiger partial charge on any atom is 0.422 e. The molecule has 0 aliphatic heterocycles. The van der Waals surface area contributed by atoms with Gasteiger partial charge in [0.1, 0.15) is 0 Å². The Labute approximate surface area is 207 Å². The van der Waals surface area contributed by atoms with Crippen LogP contribution in [-0.2, 0) is 16.9 Å². The molecule has 0 unspecified atom stereocenters. The number of hydrogen-bond acceptors (Lipinski definition) is 9. The minimum absolute atomic E-state index is 0.00967. The lowest BCUT2D eigenvalue weighted by atomic mass is 10.3. The van der Waals surface area contributed by atoms with E-state index in [1.165, 1.54) is 42.5 Å². The summed E-state index contributed by atoms with van der Waals surface area (Å²) in [5.74, 6) is -0.655. The van der Waals surface area contributed by atoms with E-state index in [9.17, 15) is 31.2 Å². The number of aromatic amines is 1. The van der Waals surface area contributed by atoms with Crippen molar-refractivity contribution < 1.29 is 26.3 Å². The second kappa shape index (κ2) is 11.2. The third kappa shape index (κ3) is 7.09. The molecule has 0 bridgehead atoms. The van der Waals surface area contributed by atoms with Gasteiger partial charge in [0.15, 0.2) is 6.61 Å². The van der Waals surface area contributed by atoms with E-state index in [2.05, 4.69) is 29.8 Å². The van der Waals surface area contributed by atoms with Crippen LogP contribution in [0.25, 0.3) is 17.1 Å². The molecule has 16 heteroatoms. The summed E-state index contributed by atoms with van der Waals surface area (Å²) in [5.41, 5.74) is -0.272. The van der Waals surface area contributed by atoms with Gasteiger partial charge >= 0.3 is 6.18 Å². The molecule has 4 aromatic heterocycles. The smallest absolute Gasteiger partial charge is 0.422 e. The van der Waals surface area contributed by atoms with Crippen molar-refractivity contribution in [3.8, 4) is 23.0 Å². The number of halogens is 3. The Kier molecular flexibility index (Phi) is 8.21. The second-order valence-electron chi connectivity index (χ2n) is 7.20. The van der Waals surface area contributed by atoms with E-state index in [0.29, 0.717) is 5.69 Å². The number of H-pyrrole nitrogens is 1. The van der Waals surface area contributed by atoms with Gasteiger partial charge in [0.2, 0.25) is 20.9 Å². The van der Waals surface area contributed by atoms with Gasteiger partial charge < -0.3 is 9.72 Å². The molecule has 0 saturated heterocycles. The van der Waals surface area contributed by atoms with E-state index in [1.54, 1.807) is 13.1 Å². The summed E-state index contributed by atoms with van der Waals surface area (Å²) >= 11 is 0. The summed E-state index contributed by atoms with van der Waals surface area (Å²) in [7, 11) is -2.34. The van der Waals surface area contributed by atoms with Crippen LogP contribution in [0.5, 0.6) is 5.88 Å². The third-order valence-electron chi connectivity index (χ3n) is 4.59. The van der Waals surface area contributed by atoms with Crippen LogP contribution in [0.3, 0.4) is 0 Å². The summed E-state index contributed by atoms with van der Waals surface area (Å²) in [6, 6.07) is 6.40. The first-order chi connectivity index (χ1) is 17.4. The fraction of sp³-hybridized carbons (Fsp3) is 0.238. The van der Waals surface area contributed by atoms with Crippen LogP contribution >= 0.6 is 0 Å². The number of aryl methyl sites for hydroxylation is 1. The van der Waals surface area contributed by atoms with E-state index < -0.39 is 33.3 Å². The van der Waals surface area contributed by atoms with Gasteiger partial charge in [0.25, 0.3) is 11.1 Å². The number of pyridine rings is 1. The minimum Gasteiger partial charge on any atom is -0.468 e. The highest BCUT2D eigenvalue weighted by atomic mass is 32.2. The topological polar surface area (TPSA) is 155 Å². The molecule has 4 rings (SSSR count). The molecule has 196 valence electrons. The molecule has 0 amide bonds. The quantitative estimate of drug-likeness (QED) is 0.359. The van der Waals surface area contributed by atoms with Crippen LogP contribution in [0.2, 0.25) is 0 Å². The van der Waals surface area contributed by atoms with Gasteiger partial charge in [-0.2, -0.15) is 18.3 Å². The highest BCUT2D eigenvalue weighted by molar-refractivity contribution is 7.91. The standard InChI is InChI=1S/C17H16F3N5O4S.C4H4N2O/c1-3-30(27,28)16-23-12(13-6-7-22-24(13)2)8-15(26)25(16)11-4-5-14(21-9-11)29-10-17(18,19)20;7-4-1-2-5-3-6-4/h4-9H,3,10H2,1-2H3;1-3H,(H,5,6,7). The molecule has 0 fully saturated rings. The van der Waals surface area contributed by atoms with E-state index in [4.69, 9.17) is 0 Å². The molecular formula is C21H20F3N7O5S. The fourth-order valence-electron chi connectivity index (χ4n) is 2.84. The van der Waals surface area contributed by atoms with Crippen LogP contribution in [0.4, 0.5) is 13.2 Å². The zero-order chi connectivity index (χ0) is 27.2. The molecule has 12 nitrogen and oxygen atoms in total. The Hall–Kier alpha value is -4.34. The van der Waals surface area contributed by atoms with Gasteiger partial charge in [0, 0.05) is 37.6 Å². The highest BCUT2D eigenvalue weighted by Gasteiger charge is 2.29. The van der Waals surface area contributed by atoms with E-state index in [1.807, 2.05) is 0 Å². The van der Waals surface area contributed by atoms with Crippen LogP contribution < -0.4 is 15.9 Å². The number of sulfone groups is 1. The van der Waals surface area contributed by atoms with Crippen molar-refractivity contribution in [3.63, 3.8) is 0 Å². The van der Waals surface area contributed by atoms with Gasteiger partial charge in [-0.25, -0.2) is 27.9 Å². The Morgan fingerprint density at radius 2 is 1.86 bits per heavy atom. The van der Waals surface area contributed by atoms with Gasteiger partial charge in [-0.05, 0) is 12.1 Å². The molecule has 0 aliphatic carbocycles. The first kappa shape index (κ1) is 27.3. The Bertz CT molecular complexity index is 1560. The normalized spacial score (nSPS) is 11.5. The average Bonchev–Trinajstić information content (AvgIpc) is 3.29. The maximum atomic E-state index is 12.8. The van der Waals surface area contributed by atoms with Crippen LogP contribution in [-0.4, -0.2) is 61.2 Å². The van der Waals surface area contributed by atoms with Crippen LogP contribution in [0.15, 0.2) is 70.0 Å². The van der Waals surface area contributed by atoms with E-state index >= 15 is 0 Å². The van der Waals surface area contributed by atoms with Gasteiger partial charge in [0.05, 0.1) is 35.4 Å². The summed E-state index contributed by atoms with van der Waals surface area (Å²) in [4.78, 5) is 36.8. The number of rotatable bonds is 6. The summed E-state index contributed by atoms with van der Waals surface area (Å²) in [6.45, 7) is -0.134. The van der Waals surface area contributed by atoms with Crippen molar-refractivity contribution in [1.29, 1.82) is 0 Å². The lowest BCUT2D eigenvalue weighted by Crippen LogP contribution is -2.27. The summed E-state index contributed by atoms with van der Waals surface area (Å²) in [6.07, 6.45) is 0.764. The van der Waals surface area contributed by atoms with Crippen LogP contribution in [0.1, 0.15) is 6.92 Å². The zero-order valence-corrected chi connectivity index (χ0v) is 20.2. The Morgan fingerprint density at radius 3 is 2.35 bits per heavy atom. The van der Waals surface area contributed by atoms with Crippen molar-refractivity contribution in [2.75, 3.05) is 12.4 Å².